The van der Waals surface area contributed by atoms with Crippen LogP contribution in [0.3, 0.4) is 0 Å². The number of hydrogen-bond donors (Lipinski definition) is 5. The van der Waals surface area contributed by atoms with Crippen LogP contribution in [0, 0.1) is 0 Å². The fourth-order valence-corrected chi connectivity index (χ4v) is 1.22. The molecular weight excluding hydrogens is 244 g/mol. The fraction of sp³-hybridized carbons (Fsp3) is 1.00. The molecule has 0 aliphatic heterocycles. The zero-order valence-electron chi connectivity index (χ0n) is 13.2. The van der Waals surface area contributed by atoms with Crippen LogP contribution >= 0.6 is 0 Å². The van der Waals surface area contributed by atoms with Crippen LogP contribution < -0.4 is 16.4 Å². The van der Waals surface area contributed by atoms with Crippen molar-refractivity contribution in [1.29, 1.82) is 0 Å². The highest BCUT2D eigenvalue weighted by Gasteiger charge is 2.27. The highest BCUT2D eigenvalue weighted by molar-refractivity contribution is 4.88. The Morgan fingerprint density at radius 3 is 1.89 bits per heavy atom. The number of rotatable bonds is 9. The summed E-state index contributed by atoms with van der Waals surface area (Å²) in [5, 5.41) is 22.5. The second-order valence-corrected chi connectivity index (χ2v) is 5.21. The van der Waals surface area contributed by atoms with E-state index in [-0.39, 0.29) is 18.8 Å². The first kappa shape index (κ1) is 21.1. The van der Waals surface area contributed by atoms with Gasteiger partial charge in [-0.2, -0.15) is 0 Å². The van der Waals surface area contributed by atoms with Crippen LogP contribution in [-0.4, -0.2) is 80.2 Å². The van der Waals surface area contributed by atoms with Gasteiger partial charge in [-0.25, -0.2) is 0 Å². The number of hydrogen-bond acceptors (Lipinski definition) is 6. The second kappa shape index (κ2) is 12.8. The average Bonchev–Trinajstić information content (AvgIpc) is 2.37. The topological polar surface area (TPSA) is 93.8 Å². The van der Waals surface area contributed by atoms with Crippen molar-refractivity contribution in [3.8, 4) is 0 Å². The second-order valence-electron chi connectivity index (χ2n) is 5.21. The van der Waals surface area contributed by atoms with E-state index in [1.165, 1.54) is 0 Å². The van der Waals surface area contributed by atoms with E-state index in [4.69, 9.17) is 15.9 Å². The monoisotopic (exact) mass is 278 g/mol. The molecule has 0 spiro atoms. The molecule has 0 aromatic heterocycles. The molecule has 118 valence electrons. The van der Waals surface area contributed by atoms with E-state index in [0.29, 0.717) is 25.7 Å². The Hall–Kier alpha value is -0.240. The SMILES string of the molecule is CC(NCCN)C(C)(C)N(C)C.OCCNCCO. The van der Waals surface area contributed by atoms with Crippen molar-refractivity contribution in [2.24, 2.45) is 5.73 Å². The van der Waals surface area contributed by atoms with Crippen molar-refractivity contribution >= 4 is 0 Å². The number of aliphatic hydroxyl groups excluding tert-OH is 2. The Balaban J connectivity index is 0. The van der Waals surface area contributed by atoms with Crippen LogP contribution in [0.5, 0.6) is 0 Å². The van der Waals surface area contributed by atoms with Crippen molar-refractivity contribution in [3.05, 3.63) is 0 Å². The first-order valence-electron chi connectivity index (χ1n) is 6.87. The molecule has 0 bridgehead atoms. The molecule has 19 heavy (non-hydrogen) atoms. The van der Waals surface area contributed by atoms with E-state index in [0.717, 1.165) is 6.54 Å². The summed E-state index contributed by atoms with van der Waals surface area (Å²) in [6.07, 6.45) is 0. The van der Waals surface area contributed by atoms with E-state index in [9.17, 15) is 0 Å². The smallest absolute Gasteiger partial charge is 0.0555 e. The van der Waals surface area contributed by atoms with Gasteiger partial charge < -0.3 is 31.5 Å². The summed E-state index contributed by atoms with van der Waals surface area (Å²) in [4.78, 5) is 2.22. The molecule has 0 amide bonds. The first-order valence-corrected chi connectivity index (χ1v) is 6.87. The minimum atomic E-state index is 0.139. The molecule has 0 aliphatic rings. The van der Waals surface area contributed by atoms with Crippen LogP contribution in [0.15, 0.2) is 0 Å². The maximum absolute atomic E-state index is 8.15. The average molecular weight is 278 g/mol. The minimum absolute atomic E-state index is 0.139. The van der Waals surface area contributed by atoms with E-state index < -0.39 is 0 Å². The summed E-state index contributed by atoms with van der Waals surface area (Å²) in [6, 6.07) is 0.455. The van der Waals surface area contributed by atoms with Gasteiger partial charge in [0.05, 0.1) is 13.2 Å². The highest BCUT2D eigenvalue weighted by atomic mass is 16.3. The summed E-state index contributed by atoms with van der Waals surface area (Å²) in [5.74, 6) is 0. The number of nitrogens with zero attached hydrogens (tertiary/aromatic N) is 1. The summed E-state index contributed by atoms with van der Waals surface area (Å²) >= 11 is 0. The molecule has 6 N–H and O–H groups in total. The van der Waals surface area contributed by atoms with Crippen molar-refractivity contribution in [2.75, 3.05) is 53.5 Å². The Labute approximate surface area is 118 Å². The Morgan fingerprint density at radius 2 is 1.58 bits per heavy atom. The molecule has 1 unspecified atom stereocenters. The molecule has 0 fully saturated rings. The third-order valence-corrected chi connectivity index (χ3v) is 3.38. The molecule has 1 atom stereocenters. The van der Waals surface area contributed by atoms with Crippen LogP contribution in [0.4, 0.5) is 0 Å². The van der Waals surface area contributed by atoms with Crippen molar-refractivity contribution in [3.63, 3.8) is 0 Å². The molecule has 0 heterocycles. The predicted octanol–water partition coefficient (Wildman–Crippen LogP) is -1.18. The van der Waals surface area contributed by atoms with Gasteiger partial charge in [-0.05, 0) is 34.9 Å². The summed E-state index contributed by atoms with van der Waals surface area (Å²) in [7, 11) is 4.20. The number of likely N-dealkylation sites (N-methyl/N-ethyl adjacent to an activating group) is 1. The van der Waals surface area contributed by atoms with Gasteiger partial charge >= 0.3 is 0 Å². The van der Waals surface area contributed by atoms with Crippen molar-refractivity contribution in [2.45, 2.75) is 32.4 Å². The van der Waals surface area contributed by atoms with Gasteiger partial charge in [0.2, 0.25) is 0 Å². The Kier molecular flexibility index (Phi) is 14.2. The van der Waals surface area contributed by atoms with Gasteiger partial charge in [-0.15, -0.1) is 0 Å². The molecular formula is C13H34N4O2. The van der Waals surface area contributed by atoms with Gasteiger partial charge in [-0.3, -0.25) is 0 Å². The third-order valence-electron chi connectivity index (χ3n) is 3.38. The summed E-state index contributed by atoms with van der Waals surface area (Å²) in [5.41, 5.74) is 5.60. The molecule has 0 aromatic rings. The minimum Gasteiger partial charge on any atom is -0.395 e. The zero-order valence-corrected chi connectivity index (χ0v) is 13.2. The first-order chi connectivity index (χ1) is 8.84. The molecule has 0 radical (unpaired) electrons. The lowest BCUT2D eigenvalue weighted by atomic mass is 9.95. The summed E-state index contributed by atoms with van der Waals surface area (Å²) < 4.78 is 0. The van der Waals surface area contributed by atoms with Gasteiger partial charge in [0.1, 0.15) is 0 Å². The van der Waals surface area contributed by atoms with Crippen LogP contribution in [-0.2, 0) is 0 Å². The van der Waals surface area contributed by atoms with E-state index in [1.54, 1.807) is 0 Å². The van der Waals surface area contributed by atoms with Gasteiger partial charge in [0.25, 0.3) is 0 Å². The van der Waals surface area contributed by atoms with Crippen LogP contribution in [0.2, 0.25) is 0 Å². The molecule has 6 heteroatoms. The van der Waals surface area contributed by atoms with Crippen LogP contribution in [0.25, 0.3) is 0 Å². The zero-order chi connectivity index (χ0) is 15.3. The van der Waals surface area contributed by atoms with E-state index >= 15 is 0 Å². The molecule has 6 nitrogen and oxygen atoms in total. The fourth-order valence-electron chi connectivity index (χ4n) is 1.22. The normalized spacial score (nSPS) is 13.1. The van der Waals surface area contributed by atoms with Gasteiger partial charge in [0, 0.05) is 37.8 Å². The number of nitrogens with two attached hydrogens (primary N) is 1. The number of nitrogens with one attached hydrogen (secondary N) is 2. The summed E-state index contributed by atoms with van der Waals surface area (Å²) in [6.45, 7) is 9.64. The van der Waals surface area contributed by atoms with E-state index in [1.807, 2.05) is 0 Å². The quantitative estimate of drug-likeness (QED) is 0.341. The largest absolute Gasteiger partial charge is 0.395 e. The molecule has 0 saturated heterocycles. The third kappa shape index (κ3) is 11.3. The molecule has 0 aliphatic carbocycles. The van der Waals surface area contributed by atoms with E-state index in [2.05, 4.69) is 50.4 Å². The number of aliphatic hydroxyl groups is 2. The van der Waals surface area contributed by atoms with Gasteiger partial charge in [-0.1, -0.05) is 0 Å². The maximum atomic E-state index is 8.15. The molecule has 0 saturated carbocycles. The standard InChI is InChI=1S/C9H23N3.C4H11NO2/c1-8(11-7-6-10)9(2,3)12(4)5;6-3-1-5-2-4-7/h8,11H,6-7,10H2,1-5H3;5-7H,1-4H2. The molecule has 0 rings (SSSR count). The lowest BCUT2D eigenvalue weighted by Crippen LogP contribution is -2.54. The Bertz CT molecular complexity index is 185. The van der Waals surface area contributed by atoms with Crippen molar-refractivity contribution < 1.29 is 10.2 Å². The van der Waals surface area contributed by atoms with Crippen molar-refractivity contribution in [1.82, 2.24) is 15.5 Å². The Morgan fingerprint density at radius 1 is 1.11 bits per heavy atom. The lowest BCUT2D eigenvalue weighted by molar-refractivity contribution is 0.147. The van der Waals surface area contributed by atoms with Crippen LogP contribution in [0.1, 0.15) is 20.8 Å². The molecule has 0 aromatic carbocycles. The lowest BCUT2D eigenvalue weighted by Gasteiger charge is -2.38. The van der Waals surface area contributed by atoms with Gasteiger partial charge in [0.15, 0.2) is 0 Å². The predicted molar refractivity (Wildman–Crippen MR) is 81.3 cm³/mol. The maximum Gasteiger partial charge on any atom is 0.0555 e. The highest BCUT2D eigenvalue weighted by Crippen LogP contribution is 2.14.